The highest BCUT2D eigenvalue weighted by atomic mass is 35.5. The molecular formula is C17H25ClFN3S+2. The normalized spacial score (nSPS) is 12.8. The summed E-state index contributed by atoms with van der Waals surface area (Å²) < 4.78 is 13.6. The van der Waals surface area contributed by atoms with Crippen LogP contribution in [-0.4, -0.2) is 18.1 Å². The number of benzene rings is 1. The number of hydrogen-bond acceptors (Lipinski definition) is 4. The monoisotopic (exact) mass is 357 g/mol. The van der Waals surface area contributed by atoms with E-state index in [0.717, 1.165) is 68.0 Å². The van der Waals surface area contributed by atoms with E-state index < -0.39 is 0 Å². The summed E-state index contributed by atoms with van der Waals surface area (Å²) in [5.41, 5.74) is 8.65. The molecule has 126 valence electrons. The van der Waals surface area contributed by atoms with E-state index in [1.807, 2.05) is 6.07 Å². The van der Waals surface area contributed by atoms with Crippen molar-refractivity contribution in [2.24, 2.45) is 5.73 Å². The fourth-order valence-electron chi connectivity index (χ4n) is 2.88. The third kappa shape index (κ3) is 4.43. The van der Waals surface area contributed by atoms with Crippen LogP contribution in [0.1, 0.15) is 39.0 Å². The molecule has 0 radical (unpaired) electrons. The van der Waals surface area contributed by atoms with Gasteiger partial charge in [-0.1, -0.05) is 12.5 Å². The van der Waals surface area contributed by atoms with Crippen molar-refractivity contribution in [2.75, 3.05) is 18.4 Å². The summed E-state index contributed by atoms with van der Waals surface area (Å²) in [6.45, 7) is 1.68. The van der Waals surface area contributed by atoms with E-state index in [2.05, 4.69) is 5.32 Å². The Balaban J connectivity index is 0.00000192. The molecule has 1 aliphatic carbocycles. The number of nitrogens with two attached hydrogens (primary N) is 1. The predicted molar refractivity (Wildman–Crippen MR) is 100 cm³/mol. The number of aromatic nitrogens is 1. The molecule has 3 N–H and O–H groups in total. The lowest BCUT2D eigenvalue weighted by molar-refractivity contribution is 0.627. The molecule has 0 saturated carbocycles. The van der Waals surface area contributed by atoms with Crippen LogP contribution in [0.3, 0.4) is 0 Å². The fourth-order valence-corrected chi connectivity index (χ4v) is 3.92. The van der Waals surface area contributed by atoms with Gasteiger partial charge in [0.05, 0.1) is 5.69 Å². The number of anilines is 1. The first kappa shape index (κ1) is 18.2. The summed E-state index contributed by atoms with van der Waals surface area (Å²) >= 11 is 1.71. The van der Waals surface area contributed by atoms with Gasteiger partial charge in [0.1, 0.15) is 5.82 Å². The van der Waals surface area contributed by atoms with Crippen molar-refractivity contribution in [1.82, 2.24) is 4.98 Å². The SMILES string of the molecule is Cl.NCCCCCNc1nc2c(s1)CCCc1ccc(F)cc1-2.[H+].[H+]. The second-order valence-corrected chi connectivity index (χ2v) is 6.81. The van der Waals surface area contributed by atoms with Gasteiger partial charge in [-0.05, 0) is 56.3 Å². The first-order valence-corrected chi connectivity index (χ1v) is 8.82. The molecule has 0 spiro atoms. The Bertz CT molecular complexity index is 655. The average Bonchev–Trinajstić information content (AvgIpc) is 2.84. The number of rotatable bonds is 6. The summed E-state index contributed by atoms with van der Waals surface area (Å²) in [5, 5.41) is 4.35. The van der Waals surface area contributed by atoms with Crippen molar-refractivity contribution in [3.05, 3.63) is 34.5 Å². The Morgan fingerprint density at radius 1 is 1.26 bits per heavy atom. The van der Waals surface area contributed by atoms with Crippen LogP contribution in [0.25, 0.3) is 11.3 Å². The maximum atomic E-state index is 13.6. The molecule has 1 aromatic carbocycles. The van der Waals surface area contributed by atoms with E-state index in [1.54, 1.807) is 23.5 Å². The van der Waals surface area contributed by atoms with Gasteiger partial charge in [-0.2, -0.15) is 0 Å². The zero-order valence-corrected chi connectivity index (χ0v) is 14.7. The zero-order valence-electron chi connectivity index (χ0n) is 15.1. The maximum Gasteiger partial charge on any atom is 1.00 e. The quantitative estimate of drug-likeness (QED) is 0.741. The van der Waals surface area contributed by atoms with Crippen LogP contribution in [0.5, 0.6) is 0 Å². The Morgan fingerprint density at radius 3 is 2.96 bits per heavy atom. The average molecular weight is 358 g/mol. The van der Waals surface area contributed by atoms with E-state index >= 15 is 0 Å². The smallest absolute Gasteiger partial charge is 0.361 e. The van der Waals surface area contributed by atoms with E-state index in [0.29, 0.717) is 0 Å². The second kappa shape index (κ2) is 8.62. The Labute approximate surface area is 149 Å². The molecule has 0 fully saturated rings. The third-order valence-electron chi connectivity index (χ3n) is 4.03. The van der Waals surface area contributed by atoms with Crippen molar-refractivity contribution in [2.45, 2.75) is 38.5 Å². The van der Waals surface area contributed by atoms with Crippen molar-refractivity contribution < 1.29 is 7.24 Å². The molecule has 2 aromatic rings. The number of nitrogens with one attached hydrogen (secondary N) is 1. The van der Waals surface area contributed by atoms with E-state index in [1.165, 1.54) is 10.4 Å². The van der Waals surface area contributed by atoms with Crippen molar-refractivity contribution >= 4 is 28.9 Å². The molecule has 0 amide bonds. The number of aryl methyl sites for hydroxylation is 2. The van der Waals surface area contributed by atoms with Crippen LogP contribution >= 0.6 is 23.7 Å². The van der Waals surface area contributed by atoms with Gasteiger partial charge in [0, 0.05) is 17.0 Å². The number of hydrogen-bond donors (Lipinski definition) is 2. The van der Waals surface area contributed by atoms with Crippen LogP contribution in [0.15, 0.2) is 18.2 Å². The topological polar surface area (TPSA) is 50.9 Å². The number of nitrogens with zero attached hydrogens (tertiary/aromatic N) is 1. The number of halogens is 2. The van der Waals surface area contributed by atoms with Crippen LogP contribution in [0, 0.1) is 5.82 Å². The van der Waals surface area contributed by atoms with Crippen LogP contribution in [0.2, 0.25) is 0 Å². The van der Waals surface area contributed by atoms with Gasteiger partial charge < -0.3 is 11.1 Å². The minimum atomic E-state index is -0.184. The number of unbranched alkanes of at least 4 members (excludes halogenated alkanes) is 2. The lowest BCUT2D eigenvalue weighted by atomic mass is 10.0. The summed E-state index contributed by atoms with van der Waals surface area (Å²) in [7, 11) is 0. The largest absolute Gasteiger partial charge is 1.00 e. The number of fused-ring (bicyclic) bond motifs is 3. The maximum absolute atomic E-state index is 13.6. The molecule has 1 aliphatic rings. The van der Waals surface area contributed by atoms with E-state index in [9.17, 15) is 4.39 Å². The molecule has 0 bridgehead atoms. The second-order valence-electron chi connectivity index (χ2n) is 5.72. The predicted octanol–water partition coefficient (Wildman–Crippen LogP) is 4.63. The van der Waals surface area contributed by atoms with E-state index in [4.69, 9.17) is 10.7 Å². The van der Waals surface area contributed by atoms with Crippen molar-refractivity contribution in [1.29, 1.82) is 0 Å². The van der Waals surface area contributed by atoms with Crippen molar-refractivity contribution in [3.8, 4) is 11.3 Å². The Kier molecular flexibility index (Phi) is 6.81. The standard InChI is InChI=1S/C17H22FN3S.ClH/c18-13-8-7-12-5-4-6-15-16(14(12)11-13)21-17(22-15)20-10-3-1-2-9-19;/h7-8,11H,1-6,9-10,19H2,(H,20,21);1H/p+2. The first-order chi connectivity index (χ1) is 10.8. The molecule has 0 aliphatic heterocycles. The molecule has 0 unspecified atom stereocenters. The molecule has 3 rings (SSSR count). The van der Waals surface area contributed by atoms with Crippen molar-refractivity contribution in [3.63, 3.8) is 0 Å². The Morgan fingerprint density at radius 2 is 2.13 bits per heavy atom. The molecule has 1 heterocycles. The molecule has 6 heteroatoms. The molecule has 3 nitrogen and oxygen atoms in total. The Hall–Kier alpha value is -1.17. The molecule has 23 heavy (non-hydrogen) atoms. The molecular weight excluding hydrogens is 333 g/mol. The van der Waals surface area contributed by atoms with Crippen LogP contribution in [-0.2, 0) is 12.8 Å². The minimum absolute atomic E-state index is 0. The lowest BCUT2D eigenvalue weighted by Gasteiger charge is -2.05. The molecule has 0 saturated heterocycles. The number of thiazole rings is 1. The van der Waals surface area contributed by atoms with Gasteiger partial charge in [-0.15, -0.1) is 23.7 Å². The summed E-state index contributed by atoms with van der Waals surface area (Å²) in [4.78, 5) is 6.00. The summed E-state index contributed by atoms with van der Waals surface area (Å²) in [5.74, 6) is -0.184. The highest BCUT2D eigenvalue weighted by Gasteiger charge is 2.19. The fraction of sp³-hybridized carbons (Fsp3) is 0.471. The van der Waals surface area contributed by atoms with Gasteiger partial charge in [0.2, 0.25) is 0 Å². The van der Waals surface area contributed by atoms with Gasteiger partial charge in [-0.3, -0.25) is 0 Å². The van der Waals surface area contributed by atoms with Gasteiger partial charge in [0.15, 0.2) is 5.13 Å². The third-order valence-corrected chi connectivity index (χ3v) is 5.10. The van der Waals surface area contributed by atoms with Gasteiger partial charge in [-0.25, -0.2) is 9.37 Å². The van der Waals surface area contributed by atoms with Crippen LogP contribution in [0.4, 0.5) is 9.52 Å². The lowest BCUT2D eigenvalue weighted by Crippen LogP contribution is -2.03. The molecule has 0 atom stereocenters. The minimum Gasteiger partial charge on any atom is -0.361 e. The highest BCUT2D eigenvalue weighted by Crippen LogP contribution is 2.37. The van der Waals surface area contributed by atoms with Gasteiger partial charge >= 0.3 is 2.85 Å². The zero-order chi connectivity index (χ0) is 15.4. The van der Waals surface area contributed by atoms with Crippen LogP contribution < -0.4 is 11.1 Å². The summed E-state index contributed by atoms with van der Waals surface area (Å²) in [6, 6.07) is 5.08. The summed E-state index contributed by atoms with van der Waals surface area (Å²) in [6.07, 6.45) is 6.44. The van der Waals surface area contributed by atoms with E-state index in [-0.39, 0.29) is 21.1 Å². The molecule has 1 aromatic heterocycles. The first-order valence-electron chi connectivity index (χ1n) is 8.00. The highest BCUT2D eigenvalue weighted by molar-refractivity contribution is 7.16. The van der Waals surface area contributed by atoms with Gasteiger partial charge in [0.25, 0.3) is 0 Å².